The smallest absolute Gasteiger partial charge is 0.240 e. The number of hydrogen-bond acceptors (Lipinski definition) is 4. The topological polar surface area (TPSA) is 65.5 Å². The lowest BCUT2D eigenvalue weighted by Crippen LogP contribution is -2.52. The van der Waals surface area contributed by atoms with Crippen LogP contribution in [-0.2, 0) is 9.59 Å². The van der Waals surface area contributed by atoms with Crippen molar-refractivity contribution < 1.29 is 9.59 Å². The molecule has 1 aromatic heterocycles. The van der Waals surface area contributed by atoms with Crippen LogP contribution in [0.2, 0.25) is 0 Å². The summed E-state index contributed by atoms with van der Waals surface area (Å²) in [5.41, 5.74) is 0.949. The van der Waals surface area contributed by atoms with Gasteiger partial charge < -0.3 is 15.1 Å². The molecule has 1 aliphatic carbocycles. The van der Waals surface area contributed by atoms with Gasteiger partial charge in [-0.05, 0) is 49.6 Å². The number of benzene rings is 1. The average molecular weight is 364 g/mol. The molecule has 0 bridgehead atoms. The second-order valence-electron chi connectivity index (χ2n) is 7.37. The molecule has 4 rings (SSSR count). The monoisotopic (exact) mass is 364 g/mol. The SMILES string of the molecule is Cc1cccc(NC(=O)C2(C(=O)N3CCN(c4ccccn4)CC3)CC2)c1. The predicted molar refractivity (Wildman–Crippen MR) is 105 cm³/mol. The van der Waals surface area contributed by atoms with Crippen molar-refractivity contribution in [2.75, 3.05) is 36.4 Å². The Hall–Kier alpha value is -2.89. The largest absolute Gasteiger partial charge is 0.353 e. The minimum Gasteiger partial charge on any atom is -0.353 e. The molecule has 1 N–H and O–H groups in total. The van der Waals surface area contributed by atoms with Crippen molar-refractivity contribution >= 4 is 23.3 Å². The number of rotatable bonds is 4. The van der Waals surface area contributed by atoms with Crippen molar-refractivity contribution in [1.29, 1.82) is 0 Å². The number of amides is 2. The van der Waals surface area contributed by atoms with Gasteiger partial charge in [0.25, 0.3) is 0 Å². The van der Waals surface area contributed by atoms with Gasteiger partial charge in [-0.25, -0.2) is 4.98 Å². The summed E-state index contributed by atoms with van der Waals surface area (Å²) in [7, 11) is 0. The van der Waals surface area contributed by atoms with E-state index in [4.69, 9.17) is 0 Å². The Kier molecular flexibility index (Phi) is 4.56. The van der Waals surface area contributed by atoms with E-state index in [9.17, 15) is 9.59 Å². The molecule has 1 saturated heterocycles. The van der Waals surface area contributed by atoms with Crippen molar-refractivity contribution in [1.82, 2.24) is 9.88 Å². The maximum absolute atomic E-state index is 13.1. The minimum absolute atomic E-state index is 0.0340. The predicted octanol–water partition coefficient (Wildman–Crippen LogP) is 2.46. The van der Waals surface area contributed by atoms with Gasteiger partial charge in [0.1, 0.15) is 11.2 Å². The molecule has 1 aliphatic heterocycles. The van der Waals surface area contributed by atoms with Crippen molar-refractivity contribution in [2.24, 2.45) is 5.41 Å². The highest BCUT2D eigenvalue weighted by molar-refractivity contribution is 6.13. The summed E-state index contributed by atoms with van der Waals surface area (Å²) in [4.78, 5) is 34.2. The molecule has 2 fully saturated rings. The van der Waals surface area contributed by atoms with E-state index < -0.39 is 5.41 Å². The van der Waals surface area contributed by atoms with Gasteiger partial charge in [0.2, 0.25) is 11.8 Å². The summed E-state index contributed by atoms with van der Waals surface area (Å²) in [6.07, 6.45) is 3.04. The Morgan fingerprint density at radius 2 is 1.81 bits per heavy atom. The number of piperazine rings is 1. The molecule has 6 heteroatoms. The summed E-state index contributed by atoms with van der Waals surface area (Å²) in [5.74, 6) is 0.724. The first-order chi connectivity index (χ1) is 13.1. The zero-order valence-corrected chi connectivity index (χ0v) is 15.5. The second kappa shape index (κ2) is 7.02. The molecule has 2 aliphatic rings. The Morgan fingerprint density at radius 1 is 1.04 bits per heavy atom. The number of carbonyl (C=O) groups excluding carboxylic acids is 2. The van der Waals surface area contributed by atoms with Crippen LogP contribution in [0, 0.1) is 12.3 Å². The van der Waals surface area contributed by atoms with Crippen LogP contribution < -0.4 is 10.2 Å². The number of hydrogen-bond donors (Lipinski definition) is 1. The average Bonchev–Trinajstić information content (AvgIpc) is 3.50. The van der Waals surface area contributed by atoms with Gasteiger partial charge in [-0.1, -0.05) is 18.2 Å². The fourth-order valence-corrected chi connectivity index (χ4v) is 3.62. The van der Waals surface area contributed by atoms with E-state index in [1.807, 2.05) is 54.3 Å². The molecule has 140 valence electrons. The van der Waals surface area contributed by atoms with E-state index in [0.717, 1.165) is 30.2 Å². The maximum Gasteiger partial charge on any atom is 0.240 e. The highest BCUT2D eigenvalue weighted by Gasteiger charge is 2.58. The number of aromatic nitrogens is 1. The van der Waals surface area contributed by atoms with Crippen molar-refractivity contribution in [3.05, 3.63) is 54.2 Å². The van der Waals surface area contributed by atoms with Gasteiger partial charge in [0, 0.05) is 38.1 Å². The normalized spacial score (nSPS) is 18.1. The van der Waals surface area contributed by atoms with Crippen LogP contribution in [-0.4, -0.2) is 47.9 Å². The Labute approximate surface area is 159 Å². The number of nitrogens with zero attached hydrogens (tertiary/aromatic N) is 3. The summed E-state index contributed by atoms with van der Waals surface area (Å²) >= 11 is 0. The number of aryl methyl sites for hydroxylation is 1. The molecule has 0 radical (unpaired) electrons. The quantitative estimate of drug-likeness (QED) is 0.847. The van der Waals surface area contributed by atoms with E-state index in [0.29, 0.717) is 25.9 Å². The standard InChI is InChI=1S/C21H24N4O2/c1-16-5-4-6-17(15-16)23-19(26)21(8-9-21)20(27)25-13-11-24(12-14-25)18-7-2-3-10-22-18/h2-7,10,15H,8-9,11-14H2,1H3,(H,23,26). The van der Waals surface area contributed by atoms with Gasteiger partial charge in [-0.15, -0.1) is 0 Å². The lowest BCUT2D eigenvalue weighted by molar-refractivity contribution is -0.142. The number of nitrogens with one attached hydrogen (secondary N) is 1. The van der Waals surface area contributed by atoms with Crippen LogP contribution in [0.5, 0.6) is 0 Å². The van der Waals surface area contributed by atoms with Gasteiger partial charge in [-0.3, -0.25) is 9.59 Å². The molecule has 0 unspecified atom stereocenters. The molecule has 2 aromatic rings. The molecule has 0 spiro atoms. The molecule has 2 amide bonds. The van der Waals surface area contributed by atoms with Gasteiger partial charge in [0.05, 0.1) is 0 Å². The molecule has 27 heavy (non-hydrogen) atoms. The van der Waals surface area contributed by atoms with Crippen LogP contribution in [0.1, 0.15) is 18.4 Å². The van der Waals surface area contributed by atoms with Crippen LogP contribution in [0.15, 0.2) is 48.7 Å². The number of anilines is 2. The van der Waals surface area contributed by atoms with E-state index in [-0.39, 0.29) is 11.8 Å². The van der Waals surface area contributed by atoms with Crippen LogP contribution >= 0.6 is 0 Å². The molecular weight excluding hydrogens is 340 g/mol. The van der Waals surface area contributed by atoms with E-state index in [1.165, 1.54) is 0 Å². The lowest BCUT2D eigenvalue weighted by atomic mass is 10.0. The minimum atomic E-state index is -0.878. The zero-order valence-electron chi connectivity index (χ0n) is 15.5. The zero-order chi connectivity index (χ0) is 18.9. The first kappa shape index (κ1) is 17.5. The van der Waals surface area contributed by atoms with Crippen LogP contribution in [0.25, 0.3) is 0 Å². The van der Waals surface area contributed by atoms with Crippen LogP contribution in [0.3, 0.4) is 0 Å². The van der Waals surface area contributed by atoms with Gasteiger partial charge >= 0.3 is 0 Å². The molecule has 6 nitrogen and oxygen atoms in total. The Bertz CT molecular complexity index is 840. The summed E-state index contributed by atoms with van der Waals surface area (Å²) in [6.45, 7) is 4.69. The second-order valence-corrected chi connectivity index (χ2v) is 7.37. The van der Waals surface area contributed by atoms with Crippen molar-refractivity contribution in [3.63, 3.8) is 0 Å². The third-order valence-electron chi connectivity index (χ3n) is 5.41. The molecule has 2 heterocycles. The molecule has 1 saturated carbocycles. The Balaban J connectivity index is 1.38. The first-order valence-electron chi connectivity index (χ1n) is 9.42. The molecular formula is C21H24N4O2. The first-order valence-corrected chi connectivity index (χ1v) is 9.42. The number of pyridine rings is 1. The van der Waals surface area contributed by atoms with Gasteiger partial charge in [0.15, 0.2) is 0 Å². The van der Waals surface area contributed by atoms with Crippen LogP contribution in [0.4, 0.5) is 11.5 Å². The van der Waals surface area contributed by atoms with Crippen molar-refractivity contribution in [2.45, 2.75) is 19.8 Å². The highest BCUT2D eigenvalue weighted by Crippen LogP contribution is 2.48. The lowest BCUT2D eigenvalue weighted by Gasteiger charge is -2.36. The highest BCUT2D eigenvalue weighted by atomic mass is 16.2. The summed E-state index contributed by atoms with van der Waals surface area (Å²) in [5, 5.41) is 2.93. The summed E-state index contributed by atoms with van der Waals surface area (Å²) < 4.78 is 0. The Morgan fingerprint density at radius 3 is 2.44 bits per heavy atom. The fourth-order valence-electron chi connectivity index (χ4n) is 3.62. The summed E-state index contributed by atoms with van der Waals surface area (Å²) in [6, 6.07) is 13.5. The molecule has 0 atom stereocenters. The number of carbonyl (C=O) groups is 2. The van der Waals surface area contributed by atoms with Crippen molar-refractivity contribution in [3.8, 4) is 0 Å². The third-order valence-corrected chi connectivity index (χ3v) is 5.41. The van der Waals surface area contributed by atoms with E-state index in [1.54, 1.807) is 6.20 Å². The maximum atomic E-state index is 13.1. The van der Waals surface area contributed by atoms with Gasteiger partial charge in [-0.2, -0.15) is 0 Å². The fraction of sp³-hybridized carbons (Fsp3) is 0.381. The van der Waals surface area contributed by atoms with E-state index >= 15 is 0 Å². The van der Waals surface area contributed by atoms with E-state index in [2.05, 4.69) is 15.2 Å². The molecule has 1 aromatic carbocycles. The third kappa shape index (κ3) is 3.52.